The molecule has 0 saturated carbocycles. The van der Waals surface area contributed by atoms with Gasteiger partial charge < -0.3 is 4.43 Å². The fourth-order valence-electron chi connectivity index (χ4n) is 1.68. The van der Waals surface area contributed by atoms with E-state index in [0.29, 0.717) is 11.8 Å². The molecule has 2 heteroatoms. The van der Waals surface area contributed by atoms with Gasteiger partial charge in [-0.2, -0.15) is 0 Å². The van der Waals surface area contributed by atoms with E-state index in [1.807, 2.05) is 12.0 Å². The lowest BCUT2D eigenvalue weighted by atomic mass is 9.96. The fourth-order valence-corrected chi connectivity index (χ4v) is 2.20. The van der Waals surface area contributed by atoms with Crippen molar-refractivity contribution in [2.45, 2.75) is 45.7 Å². The van der Waals surface area contributed by atoms with Crippen LogP contribution in [-0.2, 0) is 4.43 Å². The number of hydrogen-bond donors (Lipinski definition) is 0. The van der Waals surface area contributed by atoms with Crippen molar-refractivity contribution >= 4 is 8.32 Å². The summed E-state index contributed by atoms with van der Waals surface area (Å²) >= 11 is 0. The molecule has 1 unspecified atom stereocenters. The Morgan fingerprint density at radius 1 is 1.05 bits per heavy atom. The topological polar surface area (TPSA) is 9.23 Å². The van der Waals surface area contributed by atoms with Crippen LogP contribution >= 0.6 is 0 Å². The standard InChI is InChI=1S/C17H26OSi/c1-7-19(5,6)18-13-12-15(4)17-10-8-16(9-11-17)14(2)3/h7-15H,1H2,2-6H3. The summed E-state index contributed by atoms with van der Waals surface area (Å²) in [7, 11) is -1.69. The Hall–Kier alpha value is -1.28. The molecule has 0 bridgehead atoms. The zero-order valence-electron chi connectivity index (χ0n) is 12.8. The zero-order valence-corrected chi connectivity index (χ0v) is 13.8. The molecule has 0 fully saturated rings. The molecule has 0 saturated heterocycles. The van der Waals surface area contributed by atoms with Gasteiger partial charge in [-0.25, -0.2) is 0 Å². The smallest absolute Gasteiger partial charge is 0.268 e. The minimum Gasteiger partial charge on any atom is -0.546 e. The van der Waals surface area contributed by atoms with Crippen LogP contribution in [0.4, 0.5) is 0 Å². The van der Waals surface area contributed by atoms with Gasteiger partial charge in [0.15, 0.2) is 0 Å². The predicted octanol–water partition coefficient (Wildman–Crippen LogP) is 5.37. The summed E-state index contributed by atoms with van der Waals surface area (Å²) in [5.41, 5.74) is 4.65. The second kappa shape index (κ2) is 6.76. The van der Waals surface area contributed by atoms with Crippen LogP contribution in [0.15, 0.2) is 48.9 Å². The summed E-state index contributed by atoms with van der Waals surface area (Å²) in [4.78, 5) is 0. The van der Waals surface area contributed by atoms with Gasteiger partial charge >= 0.3 is 0 Å². The van der Waals surface area contributed by atoms with E-state index in [-0.39, 0.29) is 0 Å². The molecule has 0 aliphatic rings. The summed E-state index contributed by atoms with van der Waals surface area (Å²) in [5.74, 6) is 0.957. The molecule has 0 radical (unpaired) electrons. The minimum absolute atomic E-state index is 0.371. The lowest BCUT2D eigenvalue weighted by Crippen LogP contribution is -2.24. The minimum atomic E-state index is -1.69. The van der Waals surface area contributed by atoms with E-state index >= 15 is 0 Å². The zero-order chi connectivity index (χ0) is 14.5. The van der Waals surface area contributed by atoms with E-state index in [0.717, 1.165) is 0 Å². The molecule has 1 nitrogen and oxygen atoms in total. The van der Waals surface area contributed by atoms with Crippen molar-refractivity contribution in [1.82, 2.24) is 0 Å². The molecule has 0 N–H and O–H groups in total. The number of allylic oxidation sites excluding steroid dienone is 1. The predicted molar refractivity (Wildman–Crippen MR) is 86.9 cm³/mol. The van der Waals surface area contributed by atoms with Gasteiger partial charge in [0.05, 0.1) is 6.26 Å². The second-order valence-electron chi connectivity index (χ2n) is 5.86. The highest BCUT2D eigenvalue weighted by Gasteiger charge is 2.16. The molecule has 0 heterocycles. The Morgan fingerprint density at radius 2 is 1.58 bits per heavy atom. The first-order chi connectivity index (χ1) is 8.85. The van der Waals surface area contributed by atoms with Crippen molar-refractivity contribution in [1.29, 1.82) is 0 Å². The molecule has 19 heavy (non-hydrogen) atoms. The van der Waals surface area contributed by atoms with Crippen LogP contribution in [-0.4, -0.2) is 8.32 Å². The Labute approximate surface area is 119 Å². The Kier molecular flexibility index (Phi) is 5.61. The Balaban J connectivity index is 2.65. The molecule has 0 spiro atoms. The molecule has 1 atom stereocenters. The lowest BCUT2D eigenvalue weighted by molar-refractivity contribution is 0.481. The van der Waals surface area contributed by atoms with Crippen LogP contribution in [0.3, 0.4) is 0 Å². The van der Waals surface area contributed by atoms with Crippen LogP contribution in [0, 0.1) is 0 Å². The summed E-state index contributed by atoms with van der Waals surface area (Å²) in [5, 5.41) is 0. The third-order valence-corrected chi connectivity index (χ3v) is 5.09. The van der Waals surface area contributed by atoms with Crippen molar-refractivity contribution in [2.24, 2.45) is 0 Å². The van der Waals surface area contributed by atoms with Gasteiger partial charge in [0.25, 0.3) is 8.32 Å². The molecule has 1 aromatic carbocycles. The lowest BCUT2D eigenvalue weighted by Gasteiger charge is -2.17. The van der Waals surface area contributed by atoms with E-state index in [1.165, 1.54) is 11.1 Å². The van der Waals surface area contributed by atoms with Crippen LogP contribution in [0.1, 0.15) is 43.7 Å². The van der Waals surface area contributed by atoms with E-state index in [4.69, 9.17) is 4.43 Å². The molecular formula is C17H26OSi. The average Bonchev–Trinajstić information content (AvgIpc) is 2.38. The Morgan fingerprint density at radius 3 is 2.05 bits per heavy atom. The first-order valence-electron chi connectivity index (χ1n) is 6.93. The van der Waals surface area contributed by atoms with E-state index < -0.39 is 8.32 Å². The maximum Gasteiger partial charge on any atom is 0.268 e. The summed E-state index contributed by atoms with van der Waals surface area (Å²) in [6.45, 7) is 14.7. The maximum absolute atomic E-state index is 5.77. The van der Waals surface area contributed by atoms with Crippen LogP contribution in [0.5, 0.6) is 0 Å². The molecule has 0 aliphatic carbocycles. The van der Waals surface area contributed by atoms with Gasteiger partial charge in [-0.1, -0.05) is 50.7 Å². The first kappa shape index (κ1) is 15.8. The molecule has 1 rings (SSSR count). The summed E-state index contributed by atoms with van der Waals surface area (Å²) in [6.07, 6.45) is 3.96. The van der Waals surface area contributed by atoms with Gasteiger partial charge in [-0.05, 0) is 36.2 Å². The number of rotatable bonds is 6. The van der Waals surface area contributed by atoms with Crippen LogP contribution < -0.4 is 0 Å². The van der Waals surface area contributed by atoms with Gasteiger partial charge in [0.1, 0.15) is 0 Å². The van der Waals surface area contributed by atoms with Crippen molar-refractivity contribution < 1.29 is 4.43 Å². The van der Waals surface area contributed by atoms with Crippen molar-refractivity contribution in [3.8, 4) is 0 Å². The highest BCUT2D eigenvalue weighted by molar-refractivity contribution is 6.76. The van der Waals surface area contributed by atoms with Crippen molar-refractivity contribution in [2.75, 3.05) is 0 Å². The number of hydrogen-bond acceptors (Lipinski definition) is 1. The Bertz CT molecular complexity index is 429. The van der Waals surface area contributed by atoms with E-state index in [9.17, 15) is 0 Å². The largest absolute Gasteiger partial charge is 0.546 e. The van der Waals surface area contributed by atoms with Crippen molar-refractivity contribution in [3.63, 3.8) is 0 Å². The van der Waals surface area contributed by atoms with E-state index in [2.05, 4.69) is 70.8 Å². The molecule has 0 aromatic heterocycles. The fraction of sp³-hybridized carbons (Fsp3) is 0.412. The first-order valence-corrected chi connectivity index (χ1v) is 9.92. The van der Waals surface area contributed by atoms with Gasteiger partial charge in [0.2, 0.25) is 0 Å². The maximum atomic E-state index is 5.77. The van der Waals surface area contributed by atoms with E-state index in [1.54, 1.807) is 0 Å². The highest BCUT2D eigenvalue weighted by atomic mass is 28.4. The normalized spacial score (nSPS) is 13.8. The second-order valence-corrected chi connectivity index (χ2v) is 9.71. The summed E-state index contributed by atoms with van der Waals surface area (Å²) in [6, 6.07) is 8.85. The quantitative estimate of drug-likeness (QED) is 0.500. The third kappa shape index (κ3) is 5.07. The molecule has 1 aromatic rings. The van der Waals surface area contributed by atoms with Gasteiger partial charge in [-0.15, -0.1) is 6.58 Å². The SMILES string of the molecule is C=C[Si](C)(C)OC=CC(C)c1ccc(C(C)C)cc1. The van der Waals surface area contributed by atoms with Crippen molar-refractivity contribution in [3.05, 3.63) is 60.0 Å². The monoisotopic (exact) mass is 274 g/mol. The summed E-state index contributed by atoms with van der Waals surface area (Å²) < 4.78 is 5.77. The molecule has 104 valence electrons. The molecule has 0 aliphatic heterocycles. The number of benzene rings is 1. The van der Waals surface area contributed by atoms with Gasteiger partial charge in [-0.3, -0.25) is 0 Å². The van der Waals surface area contributed by atoms with Crippen LogP contribution in [0.25, 0.3) is 0 Å². The third-order valence-electron chi connectivity index (χ3n) is 3.36. The molecular weight excluding hydrogens is 248 g/mol. The van der Waals surface area contributed by atoms with Crippen LogP contribution in [0.2, 0.25) is 13.1 Å². The molecule has 0 amide bonds. The highest BCUT2D eigenvalue weighted by Crippen LogP contribution is 2.21. The van der Waals surface area contributed by atoms with Gasteiger partial charge in [0, 0.05) is 5.92 Å². The average molecular weight is 274 g/mol.